The van der Waals surface area contributed by atoms with Gasteiger partial charge in [0.25, 0.3) is 0 Å². The first kappa shape index (κ1) is 17.2. The number of aromatic amines is 1. The fraction of sp³-hybridized carbons (Fsp3) is 0.0952. The largest absolute Gasteiger partial charge is 0.454 e. The van der Waals surface area contributed by atoms with Crippen molar-refractivity contribution in [2.45, 2.75) is 6.92 Å². The highest BCUT2D eigenvalue weighted by Crippen LogP contribution is 2.23. The molecule has 0 unspecified atom stereocenters. The summed E-state index contributed by atoms with van der Waals surface area (Å²) in [6, 6.07) is 15.9. The van der Waals surface area contributed by atoms with Crippen molar-refractivity contribution in [1.29, 1.82) is 0 Å². The summed E-state index contributed by atoms with van der Waals surface area (Å²) in [6.45, 7) is 1.51. The van der Waals surface area contributed by atoms with Gasteiger partial charge in [-0.1, -0.05) is 29.8 Å². The van der Waals surface area contributed by atoms with Crippen LogP contribution in [0.25, 0.3) is 21.8 Å². The molecule has 6 heteroatoms. The van der Waals surface area contributed by atoms with Crippen molar-refractivity contribution in [3.8, 4) is 0 Å². The van der Waals surface area contributed by atoms with E-state index < -0.39 is 5.97 Å². The number of fused-ring (bicyclic) bond motifs is 2. The number of nitrogens with zero attached hydrogens (tertiary/aromatic N) is 1. The Hall–Kier alpha value is -3.18. The van der Waals surface area contributed by atoms with Gasteiger partial charge in [-0.3, -0.25) is 4.79 Å². The van der Waals surface area contributed by atoms with Crippen LogP contribution in [0.2, 0.25) is 5.15 Å². The van der Waals surface area contributed by atoms with E-state index in [-0.39, 0.29) is 12.4 Å². The average molecular weight is 379 g/mol. The predicted octanol–water partition coefficient (Wildman–Crippen LogP) is 4.72. The monoisotopic (exact) mass is 378 g/mol. The van der Waals surface area contributed by atoms with Crippen LogP contribution in [0.4, 0.5) is 0 Å². The van der Waals surface area contributed by atoms with Crippen LogP contribution in [0.15, 0.2) is 54.6 Å². The van der Waals surface area contributed by atoms with Crippen molar-refractivity contribution in [2.75, 3.05) is 6.61 Å². The van der Waals surface area contributed by atoms with Gasteiger partial charge in [-0.15, -0.1) is 0 Å². The zero-order valence-corrected chi connectivity index (χ0v) is 15.2. The molecular weight excluding hydrogens is 364 g/mol. The third-order valence-electron chi connectivity index (χ3n) is 4.40. The standard InChI is InChI=1S/C21H15ClN2O3/c1-12-20(15-4-2-3-5-17(15)23-12)18(25)11-27-21(26)14-6-8-16-13(10-14)7-9-19(22)24-16/h2-10,23H,11H2,1H3. The van der Waals surface area contributed by atoms with Crippen molar-refractivity contribution in [2.24, 2.45) is 0 Å². The van der Waals surface area contributed by atoms with Gasteiger partial charge in [-0.25, -0.2) is 9.78 Å². The predicted molar refractivity (Wildman–Crippen MR) is 104 cm³/mol. The van der Waals surface area contributed by atoms with E-state index in [0.717, 1.165) is 22.0 Å². The molecule has 2 heterocycles. The second kappa shape index (κ2) is 6.85. The molecule has 0 fully saturated rings. The Morgan fingerprint density at radius 2 is 1.93 bits per heavy atom. The van der Waals surface area contributed by atoms with Gasteiger partial charge in [0.1, 0.15) is 5.15 Å². The average Bonchev–Trinajstić information content (AvgIpc) is 3.01. The second-order valence-electron chi connectivity index (χ2n) is 6.21. The molecule has 134 valence electrons. The molecule has 0 saturated heterocycles. The first-order valence-corrected chi connectivity index (χ1v) is 8.74. The number of halogens is 1. The zero-order chi connectivity index (χ0) is 19.0. The molecule has 0 atom stereocenters. The lowest BCUT2D eigenvalue weighted by molar-refractivity contribution is 0.0475. The van der Waals surface area contributed by atoms with E-state index in [4.69, 9.17) is 16.3 Å². The van der Waals surface area contributed by atoms with E-state index in [1.54, 1.807) is 30.3 Å². The van der Waals surface area contributed by atoms with E-state index in [1.807, 2.05) is 31.2 Å². The quantitative estimate of drug-likeness (QED) is 0.317. The topological polar surface area (TPSA) is 72.1 Å². The second-order valence-corrected chi connectivity index (χ2v) is 6.60. The third-order valence-corrected chi connectivity index (χ3v) is 4.61. The molecule has 0 saturated carbocycles. The summed E-state index contributed by atoms with van der Waals surface area (Å²) in [6.07, 6.45) is 0. The Balaban J connectivity index is 1.52. The summed E-state index contributed by atoms with van der Waals surface area (Å²) in [7, 11) is 0. The number of rotatable bonds is 4. The highest BCUT2D eigenvalue weighted by atomic mass is 35.5. The number of H-pyrrole nitrogens is 1. The van der Waals surface area contributed by atoms with Crippen LogP contribution in [-0.2, 0) is 4.74 Å². The maximum absolute atomic E-state index is 12.6. The Morgan fingerprint density at radius 3 is 2.78 bits per heavy atom. The number of ketones is 1. The number of ether oxygens (including phenoxy) is 1. The van der Waals surface area contributed by atoms with E-state index >= 15 is 0 Å². The maximum Gasteiger partial charge on any atom is 0.338 e. The van der Waals surface area contributed by atoms with E-state index in [0.29, 0.717) is 21.8 Å². The number of Topliss-reactive ketones (excluding diaryl/α,β-unsaturated/α-hetero) is 1. The van der Waals surface area contributed by atoms with Crippen LogP contribution >= 0.6 is 11.6 Å². The molecule has 0 aliphatic carbocycles. The third kappa shape index (κ3) is 3.29. The number of hydrogen-bond donors (Lipinski definition) is 1. The lowest BCUT2D eigenvalue weighted by Crippen LogP contribution is -2.14. The highest BCUT2D eigenvalue weighted by Gasteiger charge is 2.18. The molecule has 0 radical (unpaired) electrons. The molecule has 2 aromatic carbocycles. The minimum absolute atomic E-state index is 0.243. The molecule has 0 bridgehead atoms. The van der Waals surface area contributed by atoms with Gasteiger partial charge in [0.15, 0.2) is 6.61 Å². The Kier molecular flexibility index (Phi) is 4.38. The number of benzene rings is 2. The molecule has 0 aliphatic heterocycles. The normalized spacial score (nSPS) is 11.0. The van der Waals surface area contributed by atoms with Gasteiger partial charge in [-0.05, 0) is 43.3 Å². The molecular formula is C21H15ClN2O3. The lowest BCUT2D eigenvalue weighted by Gasteiger charge is -2.06. The van der Waals surface area contributed by atoms with Crippen LogP contribution in [0.1, 0.15) is 26.4 Å². The Morgan fingerprint density at radius 1 is 1.11 bits per heavy atom. The maximum atomic E-state index is 12.6. The summed E-state index contributed by atoms with van der Waals surface area (Å²) in [5.41, 5.74) is 3.23. The van der Waals surface area contributed by atoms with Gasteiger partial charge in [0, 0.05) is 27.5 Å². The van der Waals surface area contributed by atoms with Crippen molar-refractivity contribution in [3.63, 3.8) is 0 Å². The summed E-state index contributed by atoms with van der Waals surface area (Å²) in [5, 5.41) is 1.98. The van der Waals surface area contributed by atoms with Crippen LogP contribution < -0.4 is 0 Å². The number of aryl methyl sites for hydroxylation is 1. The molecule has 27 heavy (non-hydrogen) atoms. The van der Waals surface area contributed by atoms with Gasteiger partial charge >= 0.3 is 5.97 Å². The fourth-order valence-electron chi connectivity index (χ4n) is 3.15. The number of para-hydroxylation sites is 1. The van der Waals surface area contributed by atoms with Crippen LogP contribution in [-0.4, -0.2) is 28.3 Å². The number of carbonyl (C=O) groups excluding carboxylic acids is 2. The molecule has 0 spiro atoms. The molecule has 5 nitrogen and oxygen atoms in total. The van der Waals surface area contributed by atoms with E-state index in [2.05, 4.69) is 9.97 Å². The van der Waals surface area contributed by atoms with Crippen molar-refractivity contribution in [3.05, 3.63) is 76.6 Å². The molecule has 1 N–H and O–H groups in total. The number of aromatic nitrogens is 2. The molecule has 0 aliphatic rings. The number of nitrogens with one attached hydrogen (secondary N) is 1. The molecule has 2 aromatic heterocycles. The summed E-state index contributed by atoms with van der Waals surface area (Å²) < 4.78 is 5.24. The number of esters is 1. The highest BCUT2D eigenvalue weighted by molar-refractivity contribution is 6.29. The summed E-state index contributed by atoms with van der Waals surface area (Å²) >= 11 is 5.87. The van der Waals surface area contributed by atoms with Crippen molar-refractivity contribution in [1.82, 2.24) is 9.97 Å². The van der Waals surface area contributed by atoms with Gasteiger partial charge in [-0.2, -0.15) is 0 Å². The summed E-state index contributed by atoms with van der Waals surface area (Å²) in [4.78, 5) is 32.3. The summed E-state index contributed by atoms with van der Waals surface area (Å²) in [5.74, 6) is -0.801. The van der Waals surface area contributed by atoms with Crippen molar-refractivity contribution >= 4 is 45.2 Å². The minimum atomic E-state index is -0.558. The zero-order valence-electron chi connectivity index (χ0n) is 14.5. The lowest BCUT2D eigenvalue weighted by atomic mass is 10.1. The molecule has 4 rings (SSSR count). The van der Waals surface area contributed by atoms with Gasteiger partial charge < -0.3 is 9.72 Å². The Labute approximate surface area is 159 Å². The molecule has 4 aromatic rings. The molecule has 0 amide bonds. The minimum Gasteiger partial charge on any atom is -0.454 e. The van der Waals surface area contributed by atoms with E-state index in [1.165, 1.54) is 0 Å². The van der Waals surface area contributed by atoms with Crippen LogP contribution in [0, 0.1) is 6.92 Å². The van der Waals surface area contributed by atoms with Crippen LogP contribution in [0.3, 0.4) is 0 Å². The van der Waals surface area contributed by atoms with E-state index in [9.17, 15) is 9.59 Å². The van der Waals surface area contributed by atoms with Gasteiger partial charge in [0.2, 0.25) is 5.78 Å². The van der Waals surface area contributed by atoms with Crippen molar-refractivity contribution < 1.29 is 14.3 Å². The number of hydrogen-bond acceptors (Lipinski definition) is 4. The smallest absolute Gasteiger partial charge is 0.338 e. The SMILES string of the molecule is Cc1[nH]c2ccccc2c1C(=O)COC(=O)c1ccc2nc(Cl)ccc2c1. The first-order valence-electron chi connectivity index (χ1n) is 8.37. The fourth-order valence-corrected chi connectivity index (χ4v) is 3.30. The van der Waals surface area contributed by atoms with Crippen LogP contribution in [0.5, 0.6) is 0 Å². The number of pyridine rings is 1. The van der Waals surface area contributed by atoms with Gasteiger partial charge in [0.05, 0.1) is 11.1 Å². The first-order chi connectivity index (χ1) is 13.0. The number of carbonyl (C=O) groups is 2. The Bertz CT molecular complexity index is 1200.